The van der Waals surface area contributed by atoms with E-state index in [0.29, 0.717) is 39.3 Å². The first-order valence-electron chi connectivity index (χ1n) is 10.6. The minimum atomic E-state index is -3.39. The monoisotopic (exact) mass is 487 g/mol. The number of nitrogens with one attached hydrogen (secondary N) is 1. The molecule has 3 N–H and O–H groups in total. The van der Waals surface area contributed by atoms with Crippen molar-refractivity contribution in [3.8, 4) is 16.8 Å². The van der Waals surface area contributed by atoms with E-state index >= 15 is 0 Å². The predicted octanol–water partition coefficient (Wildman–Crippen LogP) is 4.23. The van der Waals surface area contributed by atoms with Gasteiger partial charge in [0.1, 0.15) is 29.0 Å². The normalized spacial score (nSPS) is 11.6. The van der Waals surface area contributed by atoms with Crippen molar-refractivity contribution in [2.24, 2.45) is 0 Å². The highest BCUT2D eigenvalue weighted by atomic mass is 32.2. The molecule has 176 valence electrons. The molecule has 5 aromatic rings. The summed E-state index contributed by atoms with van der Waals surface area (Å²) in [6.07, 6.45) is 4.21. The highest BCUT2D eigenvalue weighted by Crippen LogP contribution is 2.30. The average molecular weight is 488 g/mol. The topological polar surface area (TPSA) is 133 Å². The Morgan fingerprint density at radius 3 is 2.57 bits per heavy atom. The van der Waals surface area contributed by atoms with Crippen LogP contribution in [-0.2, 0) is 9.84 Å². The van der Waals surface area contributed by atoms with E-state index in [2.05, 4.69) is 15.4 Å². The first-order chi connectivity index (χ1) is 16.7. The Labute approximate surface area is 201 Å². The van der Waals surface area contributed by atoms with Crippen molar-refractivity contribution in [2.75, 3.05) is 17.3 Å². The van der Waals surface area contributed by atoms with Gasteiger partial charge in [-0.25, -0.2) is 18.1 Å². The number of fused-ring (bicyclic) bond motifs is 1. The number of carbonyl (C=O) groups is 1. The van der Waals surface area contributed by atoms with E-state index in [-0.39, 0.29) is 16.6 Å². The van der Waals surface area contributed by atoms with Gasteiger partial charge in [-0.2, -0.15) is 5.10 Å². The second-order valence-corrected chi connectivity index (χ2v) is 10.1. The first kappa shape index (κ1) is 22.4. The van der Waals surface area contributed by atoms with Crippen LogP contribution in [0, 0.1) is 6.92 Å². The van der Waals surface area contributed by atoms with Gasteiger partial charge in [-0.05, 0) is 42.8 Å². The second-order valence-electron chi connectivity index (χ2n) is 8.07. The SMILES string of the molecule is Cc1cc(C(=O)Nc2ccc(-c3ccccc3S(C)(=O)=O)cc2)n(-c2coc3ccnc(N)c23)n1. The molecule has 9 nitrogen and oxygen atoms in total. The number of amides is 1. The number of aromatic nitrogens is 3. The fourth-order valence-electron chi connectivity index (χ4n) is 3.95. The van der Waals surface area contributed by atoms with E-state index in [1.165, 1.54) is 17.2 Å². The maximum absolute atomic E-state index is 13.2. The van der Waals surface area contributed by atoms with Gasteiger partial charge < -0.3 is 15.5 Å². The molecule has 0 unspecified atom stereocenters. The van der Waals surface area contributed by atoms with E-state index in [0.717, 1.165) is 5.56 Å². The number of anilines is 2. The van der Waals surface area contributed by atoms with Crippen LogP contribution in [0.3, 0.4) is 0 Å². The number of benzene rings is 2. The molecule has 0 atom stereocenters. The third-order valence-corrected chi connectivity index (χ3v) is 6.68. The summed E-state index contributed by atoms with van der Waals surface area (Å²) < 4.78 is 31.4. The molecule has 0 saturated heterocycles. The van der Waals surface area contributed by atoms with Crippen LogP contribution in [0.25, 0.3) is 27.8 Å². The van der Waals surface area contributed by atoms with Crippen LogP contribution < -0.4 is 11.1 Å². The van der Waals surface area contributed by atoms with E-state index in [1.807, 2.05) is 0 Å². The quantitative estimate of drug-likeness (QED) is 0.379. The molecule has 0 aliphatic carbocycles. The molecule has 0 aliphatic heterocycles. The van der Waals surface area contributed by atoms with Gasteiger partial charge in [0.05, 0.1) is 16.0 Å². The number of rotatable bonds is 5. The van der Waals surface area contributed by atoms with Crippen LogP contribution in [-0.4, -0.2) is 35.3 Å². The van der Waals surface area contributed by atoms with Crippen molar-refractivity contribution in [3.63, 3.8) is 0 Å². The van der Waals surface area contributed by atoms with E-state index in [4.69, 9.17) is 10.2 Å². The molecule has 2 aromatic carbocycles. The molecule has 0 aliphatic rings. The van der Waals surface area contributed by atoms with Crippen molar-refractivity contribution in [1.82, 2.24) is 14.8 Å². The largest absolute Gasteiger partial charge is 0.462 e. The maximum Gasteiger partial charge on any atom is 0.274 e. The fourth-order valence-corrected chi connectivity index (χ4v) is 4.86. The van der Waals surface area contributed by atoms with Crippen LogP contribution in [0.4, 0.5) is 11.5 Å². The van der Waals surface area contributed by atoms with E-state index < -0.39 is 9.84 Å². The molecule has 0 fully saturated rings. The van der Waals surface area contributed by atoms with Gasteiger partial charge in [-0.15, -0.1) is 0 Å². The van der Waals surface area contributed by atoms with Gasteiger partial charge in [0.2, 0.25) is 0 Å². The van der Waals surface area contributed by atoms with Crippen molar-refractivity contribution in [2.45, 2.75) is 11.8 Å². The molecule has 3 aromatic heterocycles. The number of sulfone groups is 1. The minimum absolute atomic E-state index is 0.247. The van der Waals surface area contributed by atoms with Crippen LogP contribution >= 0.6 is 0 Å². The molecule has 5 rings (SSSR count). The number of carbonyl (C=O) groups excluding carboxylic acids is 1. The van der Waals surface area contributed by atoms with E-state index in [1.54, 1.807) is 73.8 Å². The highest BCUT2D eigenvalue weighted by Gasteiger charge is 2.21. The zero-order valence-corrected chi connectivity index (χ0v) is 19.7. The van der Waals surface area contributed by atoms with Crippen molar-refractivity contribution < 1.29 is 17.6 Å². The standard InChI is InChI=1S/C25H21N5O4S/c1-15-13-19(30(29-15)20-14-34-21-11-12-27-24(26)23(20)21)25(31)28-17-9-7-16(8-10-17)18-5-3-4-6-22(18)35(2,32)33/h3-14H,1-2H3,(H2,26,27)(H,28,31). The summed E-state index contributed by atoms with van der Waals surface area (Å²) in [7, 11) is -3.39. The molecule has 35 heavy (non-hydrogen) atoms. The van der Waals surface area contributed by atoms with Crippen LogP contribution in [0.1, 0.15) is 16.2 Å². The number of nitrogen functional groups attached to an aromatic ring is 1. The molecule has 3 heterocycles. The zero-order chi connectivity index (χ0) is 24.7. The summed E-state index contributed by atoms with van der Waals surface area (Å²) in [5.74, 6) is -0.109. The Morgan fingerprint density at radius 1 is 1.09 bits per heavy atom. The Kier molecular flexibility index (Phi) is 5.37. The second kappa shape index (κ2) is 8.41. The molecule has 0 radical (unpaired) electrons. The molecule has 0 spiro atoms. The van der Waals surface area contributed by atoms with Crippen molar-refractivity contribution in [1.29, 1.82) is 0 Å². The molecule has 10 heteroatoms. The first-order valence-corrected chi connectivity index (χ1v) is 12.5. The molecule has 0 bridgehead atoms. The number of nitrogens with zero attached hydrogens (tertiary/aromatic N) is 3. The maximum atomic E-state index is 13.2. The third-order valence-electron chi connectivity index (χ3n) is 5.53. The lowest BCUT2D eigenvalue weighted by Gasteiger charge is -2.10. The number of hydrogen-bond donors (Lipinski definition) is 2. The van der Waals surface area contributed by atoms with Crippen molar-refractivity contribution in [3.05, 3.63) is 84.5 Å². The van der Waals surface area contributed by atoms with Gasteiger partial charge in [0.25, 0.3) is 5.91 Å². The van der Waals surface area contributed by atoms with Crippen molar-refractivity contribution >= 4 is 38.2 Å². The Bertz CT molecular complexity index is 1680. The zero-order valence-electron chi connectivity index (χ0n) is 18.9. The number of nitrogens with two attached hydrogens (primary N) is 1. The van der Waals surface area contributed by atoms with Crippen LogP contribution in [0.5, 0.6) is 0 Å². The molecular weight excluding hydrogens is 466 g/mol. The molecule has 0 saturated carbocycles. The third kappa shape index (κ3) is 4.15. The molecular formula is C25H21N5O4S. The highest BCUT2D eigenvalue weighted by molar-refractivity contribution is 7.90. The summed E-state index contributed by atoms with van der Waals surface area (Å²) in [6.45, 7) is 1.78. The lowest BCUT2D eigenvalue weighted by atomic mass is 10.1. The summed E-state index contributed by atoms with van der Waals surface area (Å²) in [5.41, 5.74) is 9.88. The van der Waals surface area contributed by atoms with E-state index in [9.17, 15) is 13.2 Å². The minimum Gasteiger partial charge on any atom is -0.462 e. The van der Waals surface area contributed by atoms with Crippen LogP contribution in [0.2, 0.25) is 0 Å². The van der Waals surface area contributed by atoms with Crippen LogP contribution in [0.15, 0.2) is 82.4 Å². The van der Waals surface area contributed by atoms with Gasteiger partial charge in [0, 0.05) is 23.7 Å². The lowest BCUT2D eigenvalue weighted by Crippen LogP contribution is -2.17. The number of pyridine rings is 1. The van der Waals surface area contributed by atoms with Gasteiger partial charge >= 0.3 is 0 Å². The smallest absolute Gasteiger partial charge is 0.274 e. The van der Waals surface area contributed by atoms with Gasteiger partial charge in [-0.3, -0.25) is 4.79 Å². The number of hydrogen-bond acceptors (Lipinski definition) is 7. The summed E-state index contributed by atoms with van der Waals surface area (Å²) in [5, 5.41) is 7.88. The lowest BCUT2D eigenvalue weighted by molar-refractivity contribution is 0.101. The Hall–Kier alpha value is -4.44. The summed E-state index contributed by atoms with van der Waals surface area (Å²) in [4.78, 5) is 17.5. The van der Waals surface area contributed by atoms with Gasteiger partial charge in [0.15, 0.2) is 9.84 Å². The summed E-state index contributed by atoms with van der Waals surface area (Å²) in [6, 6.07) is 17.1. The number of aryl methyl sites for hydroxylation is 1. The Morgan fingerprint density at radius 2 is 1.83 bits per heavy atom. The number of furan rings is 1. The predicted molar refractivity (Wildman–Crippen MR) is 133 cm³/mol. The fraction of sp³-hybridized carbons (Fsp3) is 0.0800. The Balaban J connectivity index is 1.45. The van der Waals surface area contributed by atoms with Gasteiger partial charge in [-0.1, -0.05) is 30.3 Å². The molecule has 1 amide bonds. The average Bonchev–Trinajstić information content (AvgIpc) is 3.43. The summed E-state index contributed by atoms with van der Waals surface area (Å²) >= 11 is 0.